The standard InChI is InChI=1S/C12H14INO3S/c13-10-5-8(7-18-10)12(17)14-4-2-1-3-9(14)6-11(15)16/h5,7,9H,1-4,6H2,(H,15,16). The van der Waals surface area contributed by atoms with Crippen LogP contribution in [-0.4, -0.2) is 34.5 Å². The molecule has 2 heterocycles. The zero-order chi connectivity index (χ0) is 13.1. The molecule has 18 heavy (non-hydrogen) atoms. The summed E-state index contributed by atoms with van der Waals surface area (Å²) in [6.45, 7) is 0.670. The van der Waals surface area contributed by atoms with Gasteiger partial charge in [-0.15, -0.1) is 11.3 Å². The number of amides is 1. The number of nitrogens with zero attached hydrogens (tertiary/aromatic N) is 1. The second-order valence-electron chi connectivity index (χ2n) is 4.39. The molecule has 98 valence electrons. The summed E-state index contributed by atoms with van der Waals surface area (Å²) in [6, 6.07) is 1.71. The molecular formula is C12H14INO3S. The quantitative estimate of drug-likeness (QED) is 0.822. The number of carbonyl (C=O) groups excluding carboxylic acids is 1. The van der Waals surface area contributed by atoms with Crippen molar-refractivity contribution in [1.82, 2.24) is 4.90 Å². The molecule has 6 heteroatoms. The van der Waals surface area contributed by atoms with Crippen molar-refractivity contribution in [3.8, 4) is 0 Å². The maximum atomic E-state index is 12.3. The van der Waals surface area contributed by atoms with Crippen LogP contribution in [0, 0.1) is 2.88 Å². The molecule has 0 radical (unpaired) electrons. The van der Waals surface area contributed by atoms with Crippen molar-refractivity contribution in [1.29, 1.82) is 0 Å². The Morgan fingerprint density at radius 2 is 2.28 bits per heavy atom. The molecule has 1 aliphatic heterocycles. The molecular weight excluding hydrogens is 365 g/mol. The molecule has 1 aliphatic rings. The van der Waals surface area contributed by atoms with Crippen molar-refractivity contribution >= 4 is 45.8 Å². The van der Waals surface area contributed by atoms with E-state index in [1.165, 1.54) is 11.3 Å². The average molecular weight is 379 g/mol. The third-order valence-electron chi connectivity index (χ3n) is 3.11. The van der Waals surface area contributed by atoms with Gasteiger partial charge in [-0.1, -0.05) is 0 Å². The molecule has 1 N–H and O–H groups in total. The maximum absolute atomic E-state index is 12.3. The summed E-state index contributed by atoms with van der Waals surface area (Å²) in [6.07, 6.45) is 2.80. The number of aliphatic carboxylic acids is 1. The van der Waals surface area contributed by atoms with Crippen LogP contribution in [0.25, 0.3) is 0 Å². The SMILES string of the molecule is O=C(O)CC1CCCCN1C(=O)c1csc(I)c1. The van der Waals surface area contributed by atoms with Crippen LogP contribution in [0.4, 0.5) is 0 Å². The monoisotopic (exact) mass is 379 g/mol. The van der Waals surface area contributed by atoms with Gasteiger partial charge in [0.15, 0.2) is 0 Å². The van der Waals surface area contributed by atoms with Gasteiger partial charge in [0.05, 0.1) is 14.9 Å². The van der Waals surface area contributed by atoms with Gasteiger partial charge < -0.3 is 10.0 Å². The Bertz CT molecular complexity index is 460. The first-order chi connectivity index (χ1) is 8.58. The number of carboxylic acids is 1. The minimum atomic E-state index is -0.834. The lowest BCUT2D eigenvalue weighted by Crippen LogP contribution is -2.44. The minimum Gasteiger partial charge on any atom is -0.481 e. The molecule has 4 nitrogen and oxygen atoms in total. The van der Waals surface area contributed by atoms with E-state index in [0.717, 1.165) is 22.1 Å². The van der Waals surface area contributed by atoms with Gasteiger partial charge in [0, 0.05) is 18.0 Å². The molecule has 1 saturated heterocycles. The molecule has 0 aromatic carbocycles. The van der Waals surface area contributed by atoms with Gasteiger partial charge >= 0.3 is 5.97 Å². The Labute approximate surface area is 123 Å². The molecule has 0 aliphatic carbocycles. The van der Waals surface area contributed by atoms with Crippen molar-refractivity contribution in [2.24, 2.45) is 0 Å². The van der Waals surface area contributed by atoms with Gasteiger partial charge in [-0.2, -0.15) is 0 Å². The molecule has 1 aromatic rings. The molecule has 2 rings (SSSR count). The van der Waals surface area contributed by atoms with Crippen molar-refractivity contribution in [2.45, 2.75) is 31.7 Å². The Kier molecular flexibility index (Phi) is 4.60. The maximum Gasteiger partial charge on any atom is 0.305 e. The van der Waals surface area contributed by atoms with Crippen LogP contribution in [0.1, 0.15) is 36.0 Å². The number of piperidine rings is 1. The van der Waals surface area contributed by atoms with Crippen LogP contribution in [0.3, 0.4) is 0 Å². The highest BCUT2D eigenvalue weighted by molar-refractivity contribution is 14.1. The van der Waals surface area contributed by atoms with Crippen LogP contribution in [-0.2, 0) is 4.79 Å². The van der Waals surface area contributed by atoms with E-state index in [2.05, 4.69) is 22.6 Å². The fraction of sp³-hybridized carbons (Fsp3) is 0.500. The van der Waals surface area contributed by atoms with E-state index in [1.54, 1.807) is 4.90 Å². The van der Waals surface area contributed by atoms with Crippen LogP contribution in [0.2, 0.25) is 0 Å². The zero-order valence-electron chi connectivity index (χ0n) is 9.76. The Hall–Kier alpha value is -0.630. The van der Waals surface area contributed by atoms with E-state index in [0.29, 0.717) is 12.1 Å². The lowest BCUT2D eigenvalue weighted by atomic mass is 9.98. The van der Waals surface area contributed by atoms with Crippen molar-refractivity contribution in [2.75, 3.05) is 6.54 Å². The normalized spacial score (nSPS) is 19.8. The van der Waals surface area contributed by atoms with Crippen LogP contribution in [0.15, 0.2) is 11.4 Å². The molecule has 0 bridgehead atoms. The second-order valence-corrected chi connectivity index (χ2v) is 7.19. The summed E-state index contributed by atoms with van der Waals surface area (Å²) in [5, 5.41) is 10.7. The molecule has 1 amide bonds. The first-order valence-corrected chi connectivity index (χ1v) is 7.80. The molecule has 0 spiro atoms. The third-order valence-corrected chi connectivity index (χ3v) is 4.90. The van der Waals surface area contributed by atoms with Gasteiger partial charge in [-0.3, -0.25) is 9.59 Å². The number of carbonyl (C=O) groups is 2. The Morgan fingerprint density at radius 1 is 1.50 bits per heavy atom. The zero-order valence-corrected chi connectivity index (χ0v) is 12.7. The van der Waals surface area contributed by atoms with Gasteiger partial charge in [-0.25, -0.2) is 0 Å². The third kappa shape index (κ3) is 3.23. The molecule has 0 saturated carbocycles. The average Bonchev–Trinajstić information content (AvgIpc) is 2.75. The number of likely N-dealkylation sites (tertiary alicyclic amines) is 1. The largest absolute Gasteiger partial charge is 0.481 e. The van der Waals surface area contributed by atoms with Gasteiger partial charge in [0.25, 0.3) is 5.91 Å². The van der Waals surface area contributed by atoms with Crippen LogP contribution < -0.4 is 0 Å². The summed E-state index contributed by atoms with van der Waals surface area (Å²) in [5.41, 5.74) is 0.682. The number of rotatable bonds is 3. The van der Waals surface area contributed by atoms with E-state index in [4.69, 9.17) is 5.11 Å². The van der Waals surface area contributed by atoms with Crippen LogP contribution >= 0.6 is 33.9 Å². The van der Waals surface area contributed by atoms with Gasteiger partial charge in [0.1, 0.15) is 0 Å². The smallest absolute Gasteiger partial charge is 0.305 e. The first kappa shape index (κ1) is 13.8. The fourth-order valence-electron chi connectivity index (χ4n) is 2.27. The topological polar surface area (TPSA) is 57.6 Å². The number of thiophene rings is 1. The lowest BCUT2D eigenvalue weighted by molar-refractivity contribution is -0.138. The summed E-state index contributed by atoms with van der Waals surface area (Å²) in [4.78, 5) is 24.9. The number of hydrogen-bond acceptors (Lipinski definition) is 3. The highest BCUT2D eigenvalue weighted by atomic mass is 127. The summed E-state index contributed by atoms with van der Waals surface area (Å²) >= 11 is 3.72. The van der Waals surface area contributed by atoms with E-state index in [9.17, 15) is 9.59 Å². The van der Waals surface area contributed by atoms with E-state index in [1.807, 2.05) is 11.4 Å². The highest BCUT2D eigenvalue weighted by Crippen LogP contribution is 2.24. The van der Waals surface area contributed by atoms with E-state index in [-0.39, 0.29) is 18.4 Å². The van der Waals surface area contributed by atoms with Gasteiger partial charge in [-0.05, 0) is 47.9 Å². The highest BCUT2D eigenvalue weighted by Gasteiger charge is 2.29. The number of hydrogen-bond donors (Lipinski definition) is 1. The van der Waals surface area contributed by atoms with Crippen molar-refractivity contribution < 1.29 is 14.7 Å². The first-order valence-electron chi connectivity index (χ1n) is 5.84. The van der Waals surface area contributed by atoms with Crippen molar-refractivity contribution in [3.05, 3.63) is 19.9 Å². The summed E-state index contributed by atoms with van der Waals surface area (Å²) in [7, 11) is 0. The predicted octanol–water partition coefficient (Wildman–Crippen LogP) is 2.82. The lowest BCUT2D eigenvalue weighted by Gasteiger charge is -2.34. The number of carboxylic acid groups (broad SMARTS) is 1. The fourth-order valence-corrected chi connectivity index (χ4v) is 3.59. The van der Waals surface area contributed by atoms with Gasteiger partial charge in [0.2, 0.25) is 0 Å². The molecule has 1 unspecified atom stereocenters. The molecule has 1 atom stereocenters. The minimum absolute atomic E-state index is 0.0277. The Balaban J connectivity index is 2.13. The van der Waals surface area contributed by atoms with E-state index < -0.39 is 5.97 Å². The summed E-state index contributed by atoms with van der Waals surface area (Å²) < 4.78 is 1.07. The van der Waals surface area contributed by atoms with Crippen molar-refractivity contribution in [3.63, 3.8) is 0 Å². The molecule has 1 aromatic heterocycles. The molecule has 1 fully saturated rings. The summed E-state index contributed by atoms with van der Waals surface area (Å²) in [5.74, 6) is -0.861. The van der Waals surface area contributed by atoms with Crippen LogP contribution in [0.5, 0.6) is 0 Å². The Morgan fingerprint density at radius 3 is 2.89 bits per heavy atom. The number of halogens is 1. The second kappa shape index (κ2) is 6.01. The predicted molar refractivity (Wildman–Crippen MR) is 78.0 cm³/mol. The van der Waals surface area contributed by atoms with E-state index >= 15 is 0 Å².